The Morgan fingerprint density at radius 3 is 2.65 bits per heavy atom. The largest absolute Gasteiger partial charge is 0.414 e. The Labute approximate surface area is 183 Å². The topological polar surface area (TPSA) is 80.2 Å². The highest BCUT2D eigenvalue weighted by Crippen LogP contribution is 2.35. The van der Waals surface area contributed by atoms with Crippen molar-refractivity contribution in [3.63, 3.8) is 0 Å². The molecule has 2 amide bonds. The number of hydrogen-bond donors (Lipinski definition) is 1. The van der Waals surface area contributed by atoms with Gasteiger partial charge >= 0.3 is 6.09 Å². The lowest BCUT2D eigenvalue weighted by Gasteiger charge is -2.37. The number of piperidine rings is 1. The van der Waals surface area contributed by atoms with Gasteiger partial charge in [0.05, 0.1) is 11.4 Å². The summed E-state index contributed by atoms with van der Waals surface area (Å²) in [7, 11) is 0. The van der Waals surface area contributed by atoms with E-state index in [1.165, 1.54) is 18.2 Å². The van der Waals surface area contributed by atoms with E-state index in [0.717, 1.165) is 5.56 Å². The molecule has 7 nitrogen and oxygen atoms in total. The van der Waals surface area contributed by atoms with Crippen molar-refractivity contribution in [3.05, 3.63) is 70.5 Å². The number of hydrogen-bond acceptors (Lipinski definition) is 5. The summed E-state index contributed by atoms with van der Waals surface area (Å²) in [6.07, 6.45) is 0.839. The molecule has 0 aromatic heterocycles. The maximum Gasteiger partial charge on any atom is 0.414 e. The van der Waals surface area contributed by atoms with Crippen LogP contribution in [0.1, 0.15) is 35.2 Å². The average molecular weight is 446 g/mol. The lowest BCUT2D eigenvalue weighted by molar-refractivity contribution is -0.0568. The van der Waals surface area contributed by atoms with E-state index in [9.17, 15) is 14.0 Å². The van der Waals surface area contributed by atoms with E-state index < -0.39 is 17.5 Å². The molecule has 0 aliphatic carbocycles. The van der Waals surface area contributed by atoms with Crippen molar-refractivity contribution in [2.24, 2.45) is 5.16 Å². The highest BCUT2D eigenvalue weighted by molar-refractivity contribution is 6.31. The van der Waals surface area contributed by atoms with Crippen molar-refractivity contribution < 1.29 is 23.6 Å². The summed E-state index contributed by atoms with van der Waals surface area (Å²) in [5, 5.41) is 6.52. The van der Waals surface area contributed by atoms with Gasteiger partial charge in [0.15, 0.2) is 0 Å². The minimum atomic E-state index is -0.593. The molecule has 31 heavy (non-hydrogen) atoms. The zero-order valence-electron chi connectivity index (χ0n) is 16.6. The minimum Gasteiger partial charge on any atom is -0.392 e. The van der Waals surface area contributed by atoms with Gasteiger partial charge in [0.25, 0.3) is 5.91 Å². The third-order valence-corrected chi connectivity index (χ3v) is 5.72. The van der Waals surface area contributed by atoms with Gasteiger partial charge in [-0.2, -0.15) is 0 Å². The van der Waals surface area contributed by atoms with Crippen LogP contribution in [0.25, 0.3) is 0 Å². The van der Waals surface area contributed by atoms with Crippen LogP contribution in [-0.4, -0.2) is 41.5 Å². The molecule has 1 saturated heterocycles. The summed E-state index contributed by atoms with van der Waals surface area (Å²) >= 11 is 5.78. The van der Waals surface area contributed by atoms with Crippen LogP contribution in [0.4, 0.5) is 9.18 Å². The summed E-state index contributed by atoms with van der Waals surface area (Å²) in [6.45, 7) is 1.23. The Bertz CT molecular complexity index is 1010. The van der Waals surface area contributed by atoms with E-state index in [4.69, 9.17) is 21.2 Å². The Hall–Kier alpha value is -3.13. The van der Waals surface area contributed by atoms with Crippen molar-refractivity contribution in [2.45, 2.75) is 31.4 Å². The molecule has 0 bridgehead atoms. The molecule has 0 saturated carbocycles. The number of carbonyl (C=O) groups excluding carboxylic acids is 2. The van der Waals surface area contributed by atoms with Gasteiger partial charge in [0.1, 0.15) is 11.4 Å². The van der Waals surface area contributed by atoms with Gasteiger partial charge in [-0.1, -0.05) is 47.1 Å². The van der Waals surface area contributed by atoms with E-state index in [1.54, 1.807) is 4.90 Å². The van der Waals surface area contributed by atoms with Gasteiger partial charge in [-0.15, -0.1) is 0 Å². The third-order valence-electron chi connectivity index (χ3n) is 5.43. The van der Waals surface area contributed by atoms with Gasteiger partial charge < -0.3 is 19.8 Å². The fourth-order valence-electron chi connectivity index (χ4n) is 3.65. The molecular weight excluding hydrogens is 425 g/mol. The lowest BCUT2D eigenvalue weighted by atomic mass is 9.88. The number of alkyl carbamates (subject to hydrolysis) is 1. The highest BCUT2D eigenvalue weighted by Gasteiger charge is 2.44. The van der Waals surface area contributed by atoms with Gasteiger partial charge in [-0.25, -0.2) is 9.18 Å². The molecule has 2 aliphatic heterocycles. The average Bonchev–Trinajstić information content (AvgIpc) is 3.16. The summed E-state index contributed by atoms with van der Waals surface area (Å²) in [6, 6.07) is 13.4. The molecule has 0 atom stereocenters. The van der Waals surface area contributed by atoms with Crippen LogP contribution in [0.15, 0.2) is 53.7 Å². The number of likely N-dealkylation sites (tertiary alicyclic amines) is 1. The molecule has 2 aliphatic rings. The number of ether oxygens (including phenoxy) is 1. The zero-order chi connectivity index (χ0) is 21.8. The van der Waals surface area contributed by atoms with Crippen LogP contribution in [0.3, 0.4) is 0 Å². The van der Waals surface area contributed by atoms with Crippen molar-refractivity contribution in [1.82, 2.24) is 10.2 Å². The Balaban J connectivity index is 1.25. The van der Waals surface area contributed by atoms with Gasteiger partial charge in [0.2, 0.25) is 5.90 Å². The fourth-order valence-corrected chi connectivity index (χ4v) is 3.83. The van der Waals surface area contributed by atoms with Crippen molar-refractivity contribution >= 4 is 29.5 Å². The lowest BCUT2D eigenvalue weighted by Crippen LogP contribution is -2.47. The monoisotopic (exact) mass is 445 g/mol. The van der Waals surface area contributed by atoms with Crippen molar-refractivity contribution in [3.8, 4) is 0 Å². The Morgan fingerprint density at radius 1 is 1.19 bits per heavy atom. The SMILES string of the molecule is O=C(NCc1ccccc1)OC1=NOC2(CCN(C(=O)c3ccc(F)c(Cl)c3)CC2)C1. The standard InChI is InChI=1S/C22H21ClFN3O4/c23-17-12-16(6-7-18(17)24)20(28)27-10-8-22(9-11-27)13-19(26-31-22)30-21(29)25-14-15-4-2-1-3-5-15/h1-7,12H,8-11,13-14H2,(H,25,29). The predicted molar refractivity (Wildman–Crippen MR) is 112 cm³/mol. The van der Waals surface area contributed by atoms with Crippen LogP contribution in [0, 0.1) is 5.82 Å². The van der Waals surface area contributed by atoms with E-state index in [1.807, 2.05) is 30.3 Å². The number of rotatable bonds is 3. The summed E-state index contributed by atoms with van der Waals surface area (Å²) in [4.78, 5) is 32.0. The van der Waals surface area contributed by atoms with E-state index >= 15 is 0 Å². The second-order valence-corrected chi connectivity index (χ2v) is 7.99. The number of nitrogens with zero attached hydrogens (tertiary/aromatic N) is 2. The number of benzene rings is 2. The van der Waals surface area contributed by atoms with E-state index in [2.05, 4.69) is 10.5 Å². The molecule has 0 radical (unpaired) electrons. The molecule has 1 N–H and O–H groups in total. The van der Waals surface area contributed by atoms with Crippen LogP contribution in [0.5, 0.6) is 0 Å². The van der Waals surface area contributed by atoms with Crippen LogP contribution < -0.4 is 5.32 Å². The molecule has 1 spiro atoms. The van der Waals surface area contributed by atoms with Gasteiger partial charge in [0, 0.05) is 38.0 Å². The predicted octanol–water partition coefficient (Wildman–Crippen LogP) is 4.11. The summed E-state index contributed by atoms with van der Waals surface area (Å²) < 4.78 is 18.6. The molecule has 2 heterocycles. The summed E-state index contributed by atoms with van der Waals surface area (Å²) in [5.41, 5.74) is 0.705. The molecule has 162 valence electrons. The molecule has 0 unspecified atom stereocenters. The minimum absolute atomic E-state index is 0.0841. The number of amides is 2. The second kappa shape index (κ2) is 8.93. The molecule has 9 heteroatoms. The summed E-state index contributed by atoms with van der Waals surface area (Å²) in [5.74, 6) is -0.560. The zero-order valence-corrected chi connectivity index (χ0v) is 17.4. The number of carbonyl (C=O) groups is 2. The molecule has 2 aromatic carbocycles. The molecular formula is C22H21ClFN3O4. The molecule has 1 fully saturated rings. The first-order chi connectivity index (χ1) is 14.9. The van der Waals surface area contributed by atoms with Crippen LogP contribution in [0.2, 0.25) is 5.02 Å². The normalized spacial score (nSPS) is 17.1. The first-order valence-electron chi connectivity index (χ1n) is 9.93. The maximum absolute atomic E-state index is 13.3. The molecule has 2 aromatic rings. The van der Waals surface area contributed by atoms with Crippen LogP contribution >= 0.6 is 11.6 Å². The smallest absolute Gasteiger partial charge is 0.392 e. The van der Waals surface area contributed by atoms with Crippen LogP contribution in [-0.2, 0) is 16.1 Å². The first-order valence-corrected chi connectivity index (χ1v) is 10.3. The highest BCUT2D eigenvalue weighted by atomic mass is 35.5. The number of nitrogens with one attached hydrogen (secondary N) is 1. The van der Waals surface area contributed by atoms with E-state index in [-0.39, 0.29) is 16.8 Å². The van der Waals surface area contributed by atoms with Gasteiger partial charge in [-0.05, 0) is 23.8 Å². The first kappa shape index (κ1) is 21.1. The Kier molecular flexibility index (Phi) is 6.08. The number of halogens is 2. The fraction of sp³-hybridized carbons (Fsp3) is 0.318. The van der Waals surface area contributed by atoms with Crippen molar-refractivity contribution in [1.29, 1.82) is 0 Å². The quantitative estimate of drug-likeness (QED) is 0.770. The maximum atomic E-state index is 13.3. The second-order valence-electron chi connectivity index (χ2n) is 7.59. The number of oxime groups is 1. The molecule has 4 rings (SSSR count). The third kappa shape index (κ3) is 4.96. The van der Waals surface area contributed by atoms with Crippen molar-refractivity contribution in [2.75, 3.05) is 13.1 Å². The van der Waals surface area contributed by atoms with E-state index in [0.29, 0.717) is 44.5 Å². The van der Waals surface area contributed by atoms with Gasteiger partial charge in [-0.3, -0.25) is 4.79 Å². The Morgan fingerprint density at radius 2 is 1.94 bits per heavy atom.